The molecule has 0 aromatic heterocycles. The Hall–Kier alpha value is -3.36. The van der Waals surface area contributed by atoms with Crippen LogP contribution in [0.25, 0.3) is 0 Å². The van der Waals surface area contributed by atoms with Crippen LogP contribution in [0.15, 0.2) is 71.8 Å². The van der Waals surface area contributed by atoms with Crippen molar-refractivity contribution in [1.29, 1.82) is 0 Å². The SMILES string of the molecule is O=C(Nc1ccc2c(c1)OC(F)(F)O2)N1CC(c2ccc(Cl)cc2)C(c2ccc(Cl)cc2)=N1. The van der Waals surface area contributed by atoms with Gasteiger partial charge in [-0.05, 0) is 47.5 Å². The Morgan fingerprint density at radius 3 is 2.30 bits per heavy atom. The first kappa shape index (κ1) is 21.5. The molecule has 3 aromatic rings. The van der Waals surface area contributed by atoms with Gasteiger partial charge in [-0.2, -0.15) is 5.10 Å². The highest BCUT2D eigenvalue weighted by atomic mass is 35.5. The van der Waals surface area contributed by atoms with Gasteiger partial charge in [-0.15, -0.1) is 8.78 Å². The Balaban J connectivity index is 1.40. The van der Waals surface area contributed by atoms with E-state index in [1.807, 2.05) is 24.3 Å². The van der Waals surface area contributed by atoms with Gasteiger partial charge in [0.05, 0.1) is 12.3 Å². The van der Waals surface area contributed by atoms with Gasteiger partial charge in [0, 0.05) is 27.7 Å². The van der Waals surface area contributed by atoms with Gasteiger partial charge in [0.2, 0.25) is 0 Å². The highest BCUT2D eigenvalue weighted by Crippen LogP contribution is 2.42. The van der Waals surface area contributed by atoms with Crippen LogP contribution in [-0.4, -0.2) is 29.6 Å². The number of nitrogens with one attached hydrogen (secondary N) is 1. The van der Waals surface area contributed by atoms with Crippen molar-refractivity contribution < 1.29 is 23.0 Å². The van der Waals surface area contributed by atoms with Gasteiger partial charge in [0.15, 0.2) is 11.5 Å². The number of anilines is 1. The predicted octanol–water partition coefficient (Wildman–Crippen LogP) is 6.35. The summed E-state index contributed by atoms with van der Waals surface area (Å²) in [6.07, 6.45) is -3.73. The molecule has 2 aliphatic rings. The van der Waals surface area contributed by atoms with Gasteiger partial charge < -0.3 is 14.8 Å². The second-order valence-electron chi connectivity index (χ2n) is 7.44. The molecular weight excluding hydrogens is 475 g/mol. The second kappa shape index (κ2) is 8.20. The third kappa shape index (κ3) is 4.44. The van der Waals surface area contributed by atoms with Gasteiger partial charge >= 0.3 is 12.3 Å². The van der Waals surface area contributed by atoms with E-state index in [1.165, 1.54) is 23.2 Å². The zero-order chi connectivity index (χ0) is 23.2. The third-order valence-electron chi connectivity index (χ3n) is 5.21. The molecule has 0 aliphatic carbocycles. The van der Waals surface area contributed by atoms with E-state index < -0.39 is 12.3 Å². The first-order valence-electron chi connectivity index (χ1n) is 9.86. The summed E-state index contributed by atoms with van der Waals surface area (Å²) in [5.74, 6) is -0.474. The molecule has 2 aliphatic heterocycles. The number of urea groups is 1. The van der Waals surface area contributed by atoms with Crippen LogP contribution in [0.3, 0.4) is 0 Å². The van der Waals surface area contributed by atoms with Crippen molar-refractivity contribution in [3.8, 4) is 11.5 Å². The third-order valence-corrected chi connectivity index (χ3v) is 5.72. The monoisotopic (exact) mass is 489 g/mol. The molecule has 0 radical (unpaired) electrons. The summed E-state index contributed by atoms with van der Waals surface area (Å²) in [4.78, 5) is 12.9. The lowest BCUT2D eigenvalue weighted by molar-refractivity contribution is -0.286. The van der Waals surface area contributed by atoms with E-state index in [9.17, 15) is 13.6 Å². The second-order valence-corrected chi connectivity index (χ2v) is 8.31. The molecular formula is C23H15Cl2F2N3O3. The van der Waals surface area contributed by atoms with Crippen LogP contribution in [0, 0.1) is 0 Å². The molecule has 5 rings (SSSR count). The number of hydrogen-bond acceptors (Lipinski definition) is 4. The van der Waals surface area contributed by atoms with Crippen molar-refractivity contribution in [3.63, 3.8) is 0 Å². The molecule has 0 bridgehead atoms. The summed E-state index contributed by atoms with van der Waals surface area (Å²) in [6.45, 7) is 0.272. The fourth-order valence-electron chi connectivity index (χ4n) is 3.68. The van der Waals surface area contributed by atoms with E-state index in [0.29, 0.717) is 15.8 Å². The van der Waals surface area contributed by atoms with Gasteiger partial charge in [-0.25, -0.2) is 9.80 Å². The Bertz CT molecular complexity index is 1250. The van der Waals surface area contributed by atoms with Crippen LogP contribution in [0.5, 0.6) is 11.5 Å². The summed E-state index contributed by atoms with van der Waals surface area (Å²) in [5, 5.41) is 9.69. The van der Waals surface area contributed by atoms with E-state index in [-0.39, 0.29) is 29.6 Å². The molecule has 168 valence electrons. The highest BCUT2D eigenvalue weighted by Gasteiger charge is 2.43. The van der Waals surface area contributed by atoms with Crippen molar-refractivity contribution in [3.05, 3.63) is 87.9 Å². The van der Waals surface area contributed by atoms with E-state index in [4.69, 9.17) is 23.2 Å². The number of carbonyl (C=O) groups is 1. The van der Waals surface area contributed by atoms with E-state index in [2.05, 4.69) is 19.9 Å². The van der Waals surface area contributed by atoms with Crippen molar-refractivity contribution in [2.45, 2.75) is 12.2 Å². The largest absolute Gasteiger partial charge is 0.586 e. The van der Waals surface area contributed by atoms with Crippen molar-refractivity contribution in [2.75, 3.05) is 11.9 Å². The number of carbonyl (C=O) groups excluding carboxylic acids is 1. The van der Waals surface area contributed by atoms with Gasteiger partial charge in [0.1, 0.15) is 0 Å². The lowest BCUT2D eigenvalue weighted by Gasteiger charge is -2.16. The van der Waals surface area contributed by atoms with Crippen LogP contribution < -0.4 is 14.8 Å². The molecule has 2 heterocycles. The molecule has 2 amide bonds. The Labute approximate surface area is 197 Å². The Kier molecular flexibility index (Phi) is 5.34. The van der Waals surface area contributed by atoms with Crippen LogP contribution in [0.1, 0.15) is 17.0 Å². The highest BCUT2D eigenvalue weighted by molar-refractivity contribution is 6.31. The number of hydrazone groups is 1. The summed E-state index contributed by atoms with van der Waals surface area (Å²) >= 11 is 12.1. The molecule has 3 aromatic carbocycles. The number of nitrogens with zero attached hydrogens (tertiary/aromatic N) is 2. The topological polar surface area (TPSA) is 63.2 Å². The zero-order valence-corrected chi connectivity index (χ0v) is 18.3. The molecule has 0 saturated carbocycles. The minimum absolute atomic E-state index is 0.106. The summed E-state index contributed by atoms with van der Waals surface area (Å²) in [7, 11) is 0. The fraction of sp³-hybridized carbons (Fsp3) is 0.130. The van der Waals surface area contributed by atoms with Crippen LogP contribution >= 0.6 is 23.2 Å². The minimum Gasteiger partial charge on any atom is -0.395 e. The number of benzene rings is 3. The Morgan fingerprint density at radius 2 is 1.61 bits per heavy atom. The maximum Gasteiger partial charge on any atom is 0.586 e. The van der Waals surface area contributed by atoms with E-state index in [0.717, 1.165) is 11.1 Å². The smallest absolute Gasteiger partial charge is 0.395 e. The zero-order valence-electron chi connectivity index (χ0n) is 16.8. The molecule has 1 atom stereocenters. The van der Waals surface area contributed by atoms with Gasteiger partial charge in [-0.3, -0.25) is 0 Å². The number of ether oxygens (including phenoxy) is 2. The fourth-order valence-corrected chi connectivity index (χ4v) is 3.93. The molecule has 1 N–H and O–H groups in total. The maximum atomic E-state index is 13.3. The number of hydrogen-bond donors (Lipinski definition) is 1. The average molecular weight is 490 g/mol. The minimum atomic E-state index is -3.73. The standard InChI is InChI=1S/C23H15Cl2F2N3O3/c24-15-5-1-13(2-6-15)18-12-30(29-21(18)14-3-7-16(25)8-4-14)22(31)28-17-9-10-19-20(11-17)33-23(26,27)32-19/h1-11,18H,12H2,(H,28,31). The molecule has 0 fully saturated rings. The van der Waals surface area contributed by atoms with Gasteiger partial charge in [-0.1, -0.05) is 47.5 Å². The number of fused-ring (bicyclic) bond motifs is 1. The number of amides is 2. The normalized spacial score (nSPS) is 18.2. The lowest BCUT2D eigenvalue weighted by Crippen LogP contribution is -2.30. The number of alkyl halides is 2. The predicted molar refractivity (Wildman–Crippen MR) is 121 cm³/mol. The molecule has 0 spiro atoms. The van der Waals surface area contributed by atoms with Gasteiger partial charge in [0.25, 0.3) is 0 Å². The molecule has 0 saturated heterocycles. The quantitative estimate of drug-likeness (QED) is 0.466. The van der Waals surface area contributed by atoms with Crippen LogP contribution in [0.2, 0.25) is 10.0 Å². The van der Waals surface area contributed by atoms with Crippen molar-refractivity contribution in [1.82, 2.24) is 5.01 Å². The van der Waals surface area contributed by atoms with E-state index in [1.54, 1.807) is 24.3 Å². The summed E-state index contributed by atoms with van der Waals surface area (Å²) in [6, 6.07) is 18.0. The molecule has 33 heavy (non-hydrogen) atoms. The Morgan fingerprint density at radius 1 is 0.970 bits per heavy atom. The summed E-state index contributed by atoms with van der Waals surface area (Å²) in [5.41, 5.74) is 2.71. The van der Waals surface area contributed by atoms with Crippen molar-refractivity contribution >= 4 is 40.6 Å². The molecule has 10 heteroatoms. The first-order valence-corrected chi connectivity index (χ1v) is 10.6. The summed E-state index contributed by atoms with van der Waals surface area (Å²) < 4.78 is 35.3. The first-order chi connectivity index (χ1) is 15.8. The number of rotatable bonds is 3. The lowest BCUT2D eigenvalue weighted by atomic mass is 9.91. The number of halogens is 4. The van der Waals surface area contributed by atoms with Crippen molar-refractivity contribution in [2.24, 2.45) is 5.10 Å². The molecule has 1 unspecified atom stereocenters. The average Bonchev–Trinajstić information content (AvgIpc) is 3.34. The van der Waals surface area contributed by atoms with E-state index >= 15 is 0 Å². The maximum absolute atomic E-state index is 13.3. The van der Waals surface area contributed by atoms with Crippen LogP contribution in [0.4, 0.5) is 19.3 Å². The van der Waals surface area contributed by atoms with Crippen LogP contribution in [-0.2, 0) is 0 Å². The molecule has 6 nitrogen and oxygen atoms in total.